The molecule has 0 spiro atoms. The van der Waals surface area contributed by atoms with Crippen LogP contribution in [-0.2, 0) is 0 Å². The minimum atomic E-state index is 0.307. The average molecular weight is 234 g/mol. The molecule has 0 amide bonds. The highest BCUT2D eigenvalue weighted by Gasteiger charge is 2.21. The first kappa shape index (κ1) is 12.1. The average Bonchev–Trinajstić information content (AvgIpc) is 2.63. The van der Waals surface area contributed by atoms with Crippen molar-refractivity contribution in [3.8, 4) is 0 Å². The summed E-state index contributed by atoms with van der Waals surface area (Å²) in [5, 5.41) is 3.48. The van der Waals surface area contributed by atoms with Crippen molar-refractivity contribution in [2.75, 3.05) is 11.1 Å². The Morgan fingerprint density at radius 3 is 2.71 bits per heavy atom. The van der Waals surface area contributed by atoms with Crippen molar-refractivity contribution >= 4 is 11.6 Å². The molecule has 2 rings (SSSR count). The molecule has 4 nitrogen and oxygen atoms in total. The van der Waals surface area contributed by atoms with Crippen LogP contribution in [-0.4, -0.2) is 16.0 Å². The van der Waals surface area contributed by atoms with Crippen LogP contribution in [0.25, 0.3) is 0 Å². The van der Waals surface area contributed by atoms with E-state index in [1.165, 1.54) is 19.3 Å². The smallest absolute Gasteiger partial charge is 0.135 e. The molecule has 2 unspecified atom stereocenters. The summed E-state index contributed by atoms with van der Waals surface area (Å²) in [4.78, 5) is 8.77. The monoisotopic (exact) mass is 234 g/mol. The Labute approximate surface area is 103 Å². The molecule has 2 atom stereocenters. The summed E-state index contributed by atoms with van der Waals surface area (Å²) in [6, 6.07) is 2.37. The first-order valence-corrected chi connectivity index (χ1v) is 6.45. The highest BCUT2D eigenvalue weighted by molar-refractivity contribution is 5.45. The van der Waals surface area contributed by atoms with Crippen molar-refractivity contribution in [1.82, 2.24) is 9.97 Å². The van der Waals surface area contributed by atoms with Gasteiger partial charge in [-0.05, 0) is 25.2 Å². The van der Waals surface area contributed by atoms with E-state index in [9.17, 15) is 0 Å². The number of nitrogens with one attached hydrogen (secondary N) is 1. The summed E-state index contributed by atoms with van der Waals surface area (Å²) < 4.78 is 0. The molecular weight excluding hydrogens is 212 g/mol. The summed E-state index contributed by atoms with van der Waals surface area (Å²) in [6.45, 7) is 6.46. The fourth-order valence-electron chi connectivity index (χ4n) is 2.36. The van der Waals surface area contributed by atoms with Gasteiger partial charge in [0.15, 0.2) is 0 Å². The Bertz CT molecular complexity index is 389. The lowest BCUT2D eigenvalue weighted by atomic mass is 10.1. The molecule has 0 saturated heterocycles. The van der Waals surface area contributed by atoms with Crippen LogP contribution in [0, 0.1) is 5.92 Å². The number of nitrogens with two attached hydrogens (primary N) is 1. The molecule has 1 aromatic rings. The largest absolute Gasteiger partial charge is 0.384 e. The molecule has 3 N–H and O–H groups in total. The summed E-state index contributed by atoms with van der Waals surface area (Å²) in [5.74, 6) is 3.37. The van der Waals surface area contributed by atoms with Crippen LogP contribution in [0.3, 0.4) is 0 Å². The third-order valence-corrected chi connectivity index (χ3v) is 3.33. The minimum absolute atomic E-state index is 0.307. The predicted molar refractivity (Wildman–Crippen MR) is 71.0 cm³/mol. The molecule has 0 aliphatic heterocycles. The van der Waals surface area contributed by atoms with Gasteiger partial charge < -0.3 is 11.1 Å². The molecule has 0 radical (unpaired) electrons. The minimum Gasteiger partial charge on any atom is -0.384 e. The molecule has 1 fully saturated rings. The number of nitrogen functional groups attached to an aromatic ring is 1. The molecule has 17 heavy (non-hydrogen) atoms. The Kier molecular flexibility index (Phi) is 3.50. The van der Waals surface area contributed by atoms with E-state index in [1.54, 1.807) is 0 Å². The third kappa shape index (κ3) is 3.08. The van der Waals surface area contributed by atoms with Gasteiger partial charge in [-0.2, -0.15) is 0 Å². The topological polar surface area (TPSA) is 63.8 Å². The van der Waals surface area contributed by atoms with Crippen LogP contribution >= 0.6 is 0 Å². The molecular formula is C13H22N4. The summed E-state index contributed by atoms with van der Waals surface area (Å²) in [7, 11) is 0. The van der Waals surface area contributed by atoms with Gasteiger partial charge in [0.2, 0.25) is 0 Å². The van der Waals surface area contributed by atoms with Gasteiger partial charge in [-0.1, -0.05) is 20.8 Å². The Morgan fingerprint density at radius 1 is 1.35 bits per heavy atom. The molecule has 4 heteroatoms. The maximum atomic E-state index is 5.81. The van der Waals surface area contributed by atoms with Gasteiger partial charge in [0, 0.05) is 18.0 Å². The highest BCUT2D eigenvalue weighted by atomic mass is 15.1. The van der Waals surface area contributed by atoms with Crippen molar-refractivity contribution in [2.24, 2.45) is 5.92 Å². The predicted octanol–water partition coefficient (Wildman–Crippen LogP) is 2.78. The number of aromatic nitrogens is 2. The Balaban J connectivity index is 2.10. The van der Waals surface area contributed by atoms with Crippen molar-refractivity contribution in [1.29, 1.82) is 0 Å². The van der Waals surface area contributed by atoms with Crippen molar-refractivity contribution < 1.29 is 0 Å². The van der Waals surface area contributed by atoms with E-state index in [1.807, 2.05) is 6.07 Å². The van der Waals surface area contributed by atoms with Crippen LogP contribution in [0.2, 0.25) is 0 Å². The highest BCUT2D eigenvalue weighted by Crippen LogP contribution is 2.27. The quantitative estimate of drug-likeness (QED) is 0.844. The van der Waals surface area contributed by atoms with E-state index in [2.05, 4.69) is 36.1 Å². The van der Waals surface area contributed by atoms with E-state index in [0.717, 1.165) is 17.6 Å². The number of hydrogen-bond donors (Lipinski definition) is 2. The second-order valence-corrected chi connectivity index (χ2v) is 5.45. The van der Waals surface area contributed by atoms with E-state index >= 15 is 0 Å². The molecule has 1 aromatic heterocycles. The van der Waals surface area contributed by atoms with Crippen molar-refractivity contribution in [3.05, 3.63) is 11.9 Å². The zero-order chi connectivity index (χ0) is 12.4. The maximum Gasteiger partial charge on any atom is 0.135 e. The first-order chi connectivity index (χ1) is 8.04. The molecule has 94 valence electrons. The van der Waals surface area contributed by atoms with Crippen LogP contribution in [0.4, 0.5) is 11.6 Å². The van der Waals surface area contributed by atoms with Gasteiger partial charge in [-0.15, -0.1) is 0 Å². The lowest BCUT2D eigenvalue weighted by Gasteiger charge is -2.15. The van der Waals surface area contributed by atoms with Gasteiger partial charge in [0.05, 0.1) is 0 Å². The SMILES string of the molecule is CC1CCC(Nc2cc(N)nc(C(C)C)n2)C1. The fourth-order valence-corrected chi connectivity index (χ4v) is 2.36. The number of anilines is 2. The fraction of sp³-hybridized carbons (Fsp3) is 0.692. The molecule has 1 aliphatic carbocycles. The zero-order valence-corrected chi connectivity index (χ0v) is 10.9. The number of rotatable bonds is 3. The van der Waals surface area contributed by atoms with Gasteiger partial charge in [-0.3, -0.25) is 0 Å². The summed E-state index contributed by atoms with van der Waals surface area (Å²) in [6.07, 6.45) is 3.75. The summed E-state index contributed by atoms with van der Waals surface area (Å²) in [5.41, 5.74) is 5.81. The van der Waals surface area contributed by atoms with Crippen LogP contribution in [0.5, 0.6) is 0 Å². The normalized spacial score (nSPS) is 24.2. The van der Waals surface area contributed by atoms with Gasteiger partial charge in [-0.25, -0.2) is 9.97 Å². The van der Waals surface area contributed by atoms with Crippen LogP contribution in [0.1, 0.15) is 51.8 Å². The van der Waals surface area contributed by atoms with E-state index in [4.69, 9.17) is 5.73 Å². The van der Waals surface area contributed by atoms with Gasteiger partial charge in [0.1, 0.15) is 17.5 Å². The number of hydrogen-bond acceptors (Lipinski definition) is 4. The van der Waals surface area contributed by atoms with Crippen LogP contribution < -0.4 is 11.1 Å². The lowest BCUT2D eigenvalue weighted by molar-refractivity contribution is 0.602. The first-order valence-electron chi connectivity index (χ1n) is 6.45. The van der Waals surface area contributed by atoms with E-state index in [0.29, 0.717) is 17.8 Å². The Hall–Kier alpha value is -1.32. The second-order valence-electron chi connectivity index (χ2n) is 5.45. The molecule has 0 aromatic carbocycles. The Morgan fingerprint density at radius 2 is 2.12 bits per heavy atom. The maximum absolute atomic E-state index is 5.81. The van der Waals surface area contributed by atoms with Crippen molar-refractivity contribution in [2.45, 2.75) is 52.0 Å². The van der Waals surface area contributed by atoms with E-state index < -0.39 is 0 Å². The van der Waals surface area contributed by atoms with Crippen molar-refractivity contribution in [3.63, 3.8) is 0 Å². The molecule has 1 aliphatic rings. The molecule has 0 bridgehead atoms. The van der Waals surface area contributed by atoms with Crippen LogP contribution in [0.15, 0.2) is 6.07 Å². The second kappa shape index (κ2) is 4.90. The molecule has 1 heterocycles. The van der Waals surface area contributed by atoms with Gasteiger partial charge >= 0.3 is 0 Å². The molecule has 1 saturated carbocycles. The zero-order valence-electron chi connectivity index (χ0n) is 10.9. The number of nitrogens with zero attached hydrogens (tertiary/aromatic N) is 2. The standard InChI is InChI=1S/C13H22N4/c1-8(2)13-16-11(14)7-12(17-13)15-10-5-4-9(3)6-10/h7-10H,4-6H2,1-3H3,(H3,14,15,16,17). The van der Waals surface area contributed by atoms with E-state index in [-0.39, 0.29) is 0 Å². The lowest BCUT2D eigenvalue weighted by Crippen LogP contribution is -2.17. The summed E-state index contributed by atoms with van der Waals surface area (Å²) >= 11 is 0. The third-order valence-electron chi connectivity index (χ3n) is 3.33. The van der Waals surface area contributed by atoms with Gasteiger partial charge in [0.25, 0.3) is 0 Å².